The molecule has 0 aliphatic heterocycles. The van der Waals surface area contributed by atoms with Crippen molar-refractivity contribution in [2.24, 2.45) is 10.8 Å². The summed E-state index contributed by atoms with van der Waals surface area (Å²) in [5.74, 6) is -0.908. The quantitative estimate of drug-likeness (QED) is 0.419. The lowest BCUT2D eigenvalue weighted by Gasteiger charge is -2.56. The Hall–Kier alpha value is -2.33. The Balaban J connectivity index is 1.96. The molecule has 1 N–H and O–H groups in total. The average molecular weight is 421 g/mol. The van der Waals surface area contributed by atoms with Crippen LogP contribution in [-0.4, -0.2) is 11.1 Å². The third kappa shape index (κ3) is 4.36. The minimum Gasteiger partial charge on any atom is -0.481 e. The summed E-state index contributed by atoms with van der Waals surface area (Å²) in [5.41, 5.74) is 1.98. The average Bonchev–Trinajstić information content (AvgIpc) is 2.79. The lowest BCUT2D eigenvalue weighted by Crippen LogP contribution is -2.51. The second-order valence-electron chi connectivity index (χ2n) is 9.92. The van der Waals surface area contributed by atoms with Crippen LogP contribution in [0, 0.1) is 33.5 Å². The zero-order chi connectivity index (χ0) is 22.5. The summed E-state index contributed by atoms with van der Waals surface area (Å²) < 4.78 is 0. The highest BCUT2D eigenvalue weighted by atomic mass is 16.4. The Morgan fingerprint density at radius 2 is 1.68 bits per heavy atom. The summed E-state index contributed by atoms with van der Waals surface area (Å²) in [4.78, 5) is 12.5. The number of carbonyl (C=O) groups is 1. The van der Waals surface area contributed by atoms with Crippen LogP contribution in [0.15, 0.2) is 12.1 Å². The van der Waals surface area contributed by atoms with Gasteiger partial charge in [0.2, 0.25) is 0 Å². The minimum atomic E-state index is -0.797. The molecule has 1 aromatic rings. The SMILES string of the molecule is CCCCCCCC12CCC(C(=O)O)(CC1)C(c1ccc(CCC)c(C#N)c1C#N)C2. The van der Waals surface area contributed by atoms with Crippen LogP contribution in [0.1, 0.15) is 119 Å². The first kappa shape index (κ1) is 23.3. The molecule has 3 fully saturated rings. The number of fused-ring (bicyclic) bond motifs is 3. The molecule has 1 atom stereocenters. The molecule has 1 aromatic carbocycles. The van der Waals surface area contributed by atoms with Gasteiger partial charge in [-0.3, -0.25) is 4.79 Å². The first-order valence-electron chi connectivity index (χ1n) is 12.2. The van der Waals surface area contributed by atoms with Crippen molar-refractivity contribution < 1.29 is 9.90 Å². The number of aliphatic carboxylic acids is 1. The van der Waals surface area contributed by atoms with Crippen LogP contribution in [0.2, 0.25) is 0 Å². The van der Waals surface area contributed by atoms with Crippen LogP contribution < -0.4 is 0 Å². The monoisotopic (exact) mass is 420 g/mol. The van der Waals surface area contributed by atoms with Crippen LogP contribution in [0.25, 0.3) is 0 Å². The number of carboxylic acid groups (broad SMARTS) is 1. The number of unbranched alkanes of at least 4 members (excludes halogenated alkanes) is 4. The van der Waals surface area contributed by atoms with E-state index < -0.39 is 11.4 Å². The highest BCUT2D eigenvalue weighted by Crippen LogP contribution is 2.65. The second-order valence-corrected chi connectivity index (χ2v) is 9.92. The molecule has 0 aromatic heterocycles. The molecule has 1 unspecified atom stereocenters. The smallest absolute Gasteiger partial charge is 0.310 e. The largest absolute Gasteiger partial charge is 0.481 e. The Morgan fingerprint density at radius 3 is 2.26 bits per heavy atom. The molecular weight excluding hydrogens is 384 g/mol. The molecule has 166 valence electrons. The maximum Gasteiger partial charge on any atom is 0.310 e. The van der Waals surface area contributed by atoms with Gasteiger partial charge in [-0.05, 0) is 61.5 Å². The van der Waals surface area contributed by atoms with E-state index in [-0.39, 0.29) is 11.3 Å². The van der Waals surface area contributed by atoms with E-state index in [4.69, 9.17) is 0 Å². The highest BCUT2D eigenvalue weighted by Gasteiger charge is 2.58. The summed E-state index contributed by atoms with van der Waals surface area (Å²) in [7, 11) is 0. The standard InChI is InChI=1S/C27H36N2O2/c1-3-5-6-7-8-12-26-13-15-27(16-14-26,25(30)31)24(17-26)21-11-10-20(9-4-2)22(18-28)23(21)19-29/h10-11,24H,3-9,12-17H2,1-2H3,(H,30,31). The third-order valence-electron chi connectivity index (χ3n) is 8.19. The lowest BCUT2D eigenvalue weighted by molar-refractivity contribution is -0.162. The van der Waals surface area contributed by atoms with E-state index in [1.165, 1.54) is 32.1 Å². The van der Waals surface area contributed by atoms with Crippen molar-refractivity contribution >= 4 is 5.97 Å². The number of rotatable bonds is 10. The van der Waals surface area contributed by atoms with Gasteiger partial charge in [-0.1, -0.05) is 64.5 Å². The van der Waals surface area contributed by atoms with Gasteiger partial charge in [0.05, 0.1) is 16.5 Å². The zero-order valence-corrected chi connectivity index (χ0v) is 19.2. The van der Waals surface area contributed by atoms with Gasteiger partial charge in [-0.2, -0.15) is 10.5 Å². The van der Waals surface area contributed by atoms with Crippen molar-refractivity contribution in [3.05, 3.63) is 34.4 Å². The number of hydrogen-bond acceptors (Lipinski definition) is 3. The van der Waals surface area contributed by atoms with E-state index >= 15 is 0 Å². The maximum absolute atomic E-state index is 12.5. The van der Waals surface area contributed by atoms with Crippen molar-refractivity contribution in [3.63, 3.8) is 0 Å². The summed E-state index contributed by atoms with van der Waals surface area (Å²) in [5, 5.41) is 30.1. The molecule has 4 rings (SSSR count). The number of nitriles is 2. The van der Waals surface area contributed by atoms with E-state index in [1.807, 2.05) is 12.1 Å². The van der Waals surface area contributed by atoms with E-state index in [0.717, 1.165) is 49.7 Å². The van der Waals surface area contributed by atoms with Crippen LogP contribution in [-0.2, 0) is 11.2 Å². The predicted octanol–water partition coefficient (Wildman–Crippen LogP) is 6.86. The highest BCUT2D eigenvalue weighted by molar-refractivity contribution is 5.77. The maximum atomic E-state index is 12.5. The van der Waals surface area contributed by atoms with Crippen LogP contribution in [0.4, 0.5) is 0 Å². The Bertz CT molecular complexity index is 882. The Morgan fingerprint density at radius 1 is 1.00 bits per heavy atom. The molecule has 0 saturated heterocycles. The van der Waals surface area contributed by atoms with E-state index in [0.29, 0.717) is 24.0 Å². The van der Waals surface area contributed by atoms with Crippen molar-refractivity contribution in [1.29, 1.82) is 10.5 Å². The van der Waals surface area contributed by atoms with Gasteiger partial charge in [0.1, 0.15) is 12.1 Å². The number of carboxylic acids is 1. The second kappa shape index (κ2) is 9.86. The van der Waals surface area contributed by atoms with Crippen LogP contribution in [0.5, 0.6) is 0 Å². The number of hydrogen-bond donors (Lipinski definition) is 1. The molecule has 0 heterocycles. The summed E-state index contributed by atoms with van der Waals surface area (Å²) in [6, 6.07) is 8.48. The fraction of sp³-hybridized carbons (Fsp3) is 0.667. The zero-order valence-electron chi connectivity index (χ0n) is 19.2. The van der Waals surface area contributed by atoms with Gasteiger partial charge < -0.3 is 5.11 Å². The van der Waals surface area contributed by atoms with Gasteiger partial charge in [0, 0.05) is 5.92 Å². The van der Waals surface area contributed by atoms with Gasteiger partial charge in [-0.15, -0.1) is 0 Å². The third-order valence-corrected chi connectivity index (χ3v) is 8.19. The molecule has 3 aliphatic carbocycles. The molecule has 0 radical (unpaired) electrons. The topological polar surface area (TPSA) is 84.9 Å². The van der Waals surface area contributed by atoms with E-state index in [1.54, 1.807) is 0 Å². The van der Waals surface area contributed by atoms with Crippen molar-refractivity contribution in [1.82, 2.24) is 0 Å². The molecule has 31 heavy (non-hydrogen) atoms. The Labute approximate surface area is 187 Å². The molecule has 4 heteroatoms. The summed E-state index contributed by atoms with van der Waals surface area (Å²) in [6.45, 7) is 4.29. The summed E-state index contributed by atoms with van der Waals surface area (Å²) in [6.07, 6.45) is 13.2. The van der Waals surface area contributed by atoms with Crippen molar-refractivity contribution in [3.8, 4) is 12.1 Å². The van der Waals surface area contributed by atoms with Crippen LogP contribution >= 0.6 is 0 Å². The molecule has 0 spiro atoms. The van der Waals surface area contributed by atoms with Gasteiger partial charge in [0.15, 0.2) is 0 Å². The minimum absolute atomic E-state index is 0.180. The molecule has 0 amide bonds. The van der Waals surface area contributed by atoms with Gasteiger partial charge >= 0.3 is 5.97 Å². The number of nitrogens with zero attached hydrogens (tertiary/aromatic N) is 2. The first-order valence-corrected chi connectivity index (χ1v) is 12.2. The van der Waals surface area contributed by atoms with Crippen LogP contribution in [0.3, 0.4) is 0 Å². The van der Waals surface area contributed by atoms with E-state index in [9.17, 15) is 20.4 Å². The number of benzene rings is 1. The van der Waals surface area contributed by atoms with Crippen molar-refractivity contribution in [2.75, 3.05) is 0 Å². The Kier molecular flexibility index (Phi) is 7.42. The fourth-order valence-corrected chi connectivity index (χ4v) is 6.31. The fourth-order valence-electron chi connectivity index (χ4n) is 6.31. The molecule has 2 bridgehead atoms. The molecule has 3 aliphatic rings. The number of aryl methyl sites for hydroxylation is 1. The van der Waals surface area contributed by atoms with E-state index in [2.05, 4.69) is 26.0 Å². The first-order chi connectivity index (χ1) is 15.0. The van der Waals surface area contributed by atoms with Gasteiger partial charge in [0.25, 0.3) is 0 Å². The van der Waals surface area contributed by atoms with Crippen molar-refractivity contribution in [2.45, 2.75) is 103 Å². The summed E-state index contributed by atoms with van der Waals surface area (Å²) >= 11 is 0. The molecule has 3 saturated carbocycles. The predicted molar refractivity (Wildman–Crippen MR) is 122 cm³/mol. The molecule has 4 nitrogen and oxygen atoms in total. The normalized spacial score (nSPS) is 26.9. The molecular formula is C27H36N2O2. The van der Waals surface area contributed by atoms with Gasteiger partial charge in [-0.25, -0.2) is 0 Å². The lowest BCUT2D eigenvalue weighted by atomic mass is 9.46.